The van der Waals surface area contributed by atoms with E-state index in [0.717, 1.165) is 31.5 Å². The highest BCUT2D eigenvalue weighted by molar-refractivity contribution is 7.90. The van der Waals surface area contributed by atoms with Crippen molar-refractivity contribution in [3.05, 3.63) is 29.8 Å². The molecular weight excluding hydrogens is 272 g/mol. The molecule has 1 aliphatic rings. The van der Waals surface area contributed by atoms with Crippen molar-refractivity contribution in [1.82, 2.24) is 4.90 Å². The summed E-state index contributed by atoms with van der Waals surface area (Å²) in [7, 11) is -3.61. The van der Waals surface area contributed by atoms with Gasteiger partial charge in [-0.25, -0.2) is 0 Å². The third-order valence-corrected chi connectivity index (χ3v) is 4.77. The van der Waals surface area contributed by atoms with Gasteiger partial charge in [-0.05, 0) is 31.9 Å². The van der Waals surface area contributed by atoms with Crippen LogP contribution in [0.15, 0.2) is 33.6 Å². The van der Waals surface area contributed by atoms with Crippen LogP contribution in [-0.4, -0.2) is 32.2 Å². The molecule has 1 heterocycles. The Hall–Kier alpha value is -1.36. The Balaban J connectivity index is 2.35. The molecule has 0 N–H and O–H groups in total. The SMILES string of the molecule is Cc1ccc(S(=O)(=O)/N=C(/C(C)C)N2CCCC2)cc1. The van der Waals surface area contributed by atoms with Crippen LogP contribution >= 0.6 is 0 Å². The third-order valence-electron chi connectivity index (χ3n) is 3.48. The molecule has 1 aromatic carbocycles. The molecule has 1 aliphatic heterocycles. The third kappa shape index (κ3) is 3.39. The van der Waals surface area contributed by atoms with Crippen molar-refractivity contribution in [3.8, 4) is 0 Å². The second-order valence-corrected chi connectivity index (χ2v) is 7.19. The minimum atomic E-state index is -3.61. The fourth-order valence-corrected chi connectivity index (χ4v) is 3.52. The average molecular weight is 294 g/mol. The Bertz CT molecular complexity index is 583. The zero-order valence-corrected chi connectivity index (χ0v) is 13.2. The van der Waals surface area contributed by atoms with Crippen LogP contribution in [0.1, 0.15) is 32.3 Å². The molecule has 0 atom stereocenters. The minimum absolute atomic E-state index is 0.105. The zero-order valence-electron chi connectivity index (χ0n) is 12.3. The topological polar surface area (TPSA) is 49.7 Å². The molecule has 0 radical (unpaired) electrons. The summed E-state index contributed by atoms with van der Waals surface area (Å²) in [5.41, 5.74) is 1.04. The molecule has 0 aromatic heterocycles. The lowest BCUT2D eigenvalue weighted by Crippen LogP contribution is -2.32. The predicted molar refractivity (Wildman–Crippen MR) is 81.4 cm³/mol. The predicted octanol–water partition coefficient (Wildman–Crippen LogP) is 2.83. The average Bonchev–Trinajstić information content (AvgIpc) is 2.90. The van der Waals surface area contributed by atoms with Gasteiger partial charge in [-0.2, -0.15) is 8.42 Å². The number of hydrogen-bond donors (Lipinski definition) is 0. The number of amidine groups is 1. The van der Waals surface area contributed by atoms with E-state index in [4.69, 9.17) is 0 Å². The summed E-state index contributed by atoms with van der Waals surface area (Å²) >= 11 is 0. The summed E-state index contributed by atoms with van der Waals surface area (Å²) in [5.74, 6) is 0.788. The Kier molecular flexibility index (Phi) is 4.48. The van der Waals surface area contributed by atoms with Gasteiger partial charge < -0.3 is 4.90 Å². The first-order valence-corrected chi connectivity index (χ1v) is 8.50. The summed E-state index contributed by atoms with van der Waals surface area (Å²) in [5, 5.41) is 0. The van der Waals surface area contributed by atoms with E-state index in [9.17, 15) is 8.42 Å². The lowest BCUT2D eigenvalue weighted by molar-refractivity contribution is 0.489. The van der Waals surface area contributed by atoms with Crippen LogP contribution in [-0.2, 0) is 10.0 Å². The van der Waals surface area contributed by atoms with Crippen molar-refractivity contribution in [2.75, 3.05) is 13.1 Å². The van der Waals surface area contributed by atoms with Gasteiger partial charge in [-0.1, -0.05) is 31.5 Å². The highest BCUT2D eigenvalue weighted by atomic mass is 32.2. The molecule has 1 saturated heterocycles. The van der Waals surface area contributed by atoms with Gasteiger partial charge >= 0.3 is 0 Å². The highest BCUT2D eigenvalue weighted by Crippen LogP contribution is 2.18. The molecule has 110 valence electrons. The van der Waals surface area contributed by atoms with Gasteiger partial charge in [0.2, 0.25) is 0 Å². The standard InChI is InChI=1S/C15H22N2O2S/c1-12(2)15(17-10-4-5-11-17)16-20(18,19)14-8-6-13(3)7-9-14/h6-9,12H,4-5,10-11H2,1-3H3/b16-15-. The van der Waals surface area contributed by atoms with Gasteiger partial charge in [0.05, 0.1) is 4.90 Å². The van der Waals surface area contributed by atoms with Gasteiger partial charge in [0.15, 0.2) is 0 Å². The Morgan fingerprint density at radius 1 is 1.15 bits per heavy atom. The van der Waals surface area contributed by atoms with Crippen LogP contribution in [0.3, 0.4) is 0 Å². The molecule has 5 heteroatoms. The van der Waals surface area contributed by atoms with E-state index in [0.29, 0.717) is 5.84 Å². The number of benzene rings is 1. The maximum absolute atomic E-state index is 12.4. The van der Waals surface area contributed by atoms with E-state index in [-0.39, 0.29) is 10.8 Å². The Morgan fingerprint density at radius 3 is 2.20 bits per heavy atom. The smallest absolute Gasteiger partial charge is 0.283 e. The molecule has 0 amide bonds. The molecule has 1 aromatic rings. The van der Waals surface area contributed by atoms with Crippen LogP contribution in [0.2, 0.25) is 0 Å². The molecule has 2 rings (SSSR count). The number of nitrogens with zero attached hydrogens (tertiary/aromatic N) is 2. The van der Waals surface area contributed by atoms with Crippen LogP contribution in [0.5, 0.6) is 0 Å². The zero-order chi connectivity index (χ0) is 14.8. The number of sulfonamides is 1. The Labute approximate surface area is 121 Å². The van der Waals surface area contributed by atoms with Crippen molar-refractivity contribution < 1.29 is 8.42 Å². The van der Waals surface area contributed by atoms with Gasteiger partial charge in [0, 0.05) is 19.0 Å². The van der Waals surface area contributed by atoms with E-state index in [1.165, 1.54) is 0 Å². The maximum atomic E-state index is 12.4. The minimum Gasteiger partial charge on any atom is -0.359 e. The molecule has 0 unspecified atom stereocenters. The number of likely N-dealkylation sites (tertiary alicyclic amines) is 1. The summed E-state index contributed by atoms with van der Waals surface area (Å²) in [6, 6.07) is 6.84. The van der Waals surface area contributed by atoms with E-state index < -0.39 is 10.0 Å². The van der Waals surface area contributed by atoms with Crippen molar-refractivity contribution in [2.24, 2.45) is 10.3 Å². The van der Waals surface area contributed by atoms with E-state index in [1.54, 1.807) is 24.3 Å². The van der Waals surface area contributed by atoms with E-state index in [2.05, 4.69) is 9.30 Å². The van der Waals surface area contributed by atoms with Gasteiger partial charge in [0.25, 0.3) is 10.0 Å². The van der Waals surface area contributed by atoms with Crippen molar-refractivity contribution in [1.29, 1.82) is 0 Å². The van der Waals surface area contributed by atoms with E-state index in [1.807, 2.05) is 20.8 Å². The lowest BCUT2D eigenvalue weighted by atomic mass is 10.2. The summed E-state index contributed by atoms with van der Waals surface area (Å²) in [6.45, 7) is 7.72. The number of hydrogen-bond acceptors (Lipinski definition) is 2. The van der Waals surface area contributed by atoms with E-state index >= 15 is 0 Å². The first kappa shape index (κ1) is 15.0. The maximum Gasteiger partial charge on any atom is 0.283 e. The van der Waals surface area contributed by atoms with Crippen LogP contribution < -0.4 is 0 Å². The molecule has 0 aliphatic carbocycles. The molecule has 1 fully saturated rings. The molecule has 0 saturated carbocycles. The molecular formula is C15H22N2O2S. The van der Waals surface area contributed by atoms with Crippen molar-refractivity contribution in [3.63, 3.8) is 0 Å². The van der Waals surface area contributed by atoms with Crippen LogP contribution in [0.4, 0.5) is 0 Å². The molecule has 20 heavy (non-hydrogen) atoms. The monoisotopic (exact) mass is 294 g/mol. The first-order valence-electron chi connectivity index (χ1n) is 7.06. The quantitative estimate of drug-likeness (QED) is 0.636. The fraction of sp³-hybridized carbons (Fsp3) is 0.533. The number of aryl methyl sites for hydroxylation is 1. The van der Waals surface area contributed by atoms with Crippen LogP contribution in [0.25, 0.3) is 0 Å². The van der Waals surface area contributed by atoms with Gasteiger partial charge in [0.1, 0.15) is 5.84 Å². The normalized spacial score (nSPS) is 17.0. The van der Waals surface area contributed by atoms with Crippen LogP contribution in [0, 0.1) is 12.8 Å². The van der Waals surface area contributed by atoms with Crippen molar-refractivity contribution >= 4 is 15.9 Å². The highest BCUT2D eigenvalue weighted by Gasteiger charge is 2.22. The molecule has 0 spiro atoms. The van der Waals surface area contributed by atoms with Gasteiger partial charge in [-0.15, -0.1) is 4.40 Å². The lowest BCUT2D eigenvalue weighted by Gasteiger charge is -2.22. The van der Waals surface area contributed by atoms with Crippen molar-refractivity contribution in [2.45, 2.75) is 38.5 Å². The summed E-state index contributed by atoms with van der Waals surface area (Å²) in [4.78, 5) is 2.36. The second kappa shape index (κ2) is 5.95. The second-order valence-electron chi connectivity index (χ2n) is 5.59. The summed E-state index contributed by atoms with van der Waals surface area (Å²) < 4.78 is 28.9. The largest absolute Gasteiger partial charge is 0.359 e. The first-order chi connectivity index (χ1) is 9.40. The molecule has 0 bridgehead atoms. The van der Waals surface area contributed by atoms with Gasteiger partial charge in [-0.3, -0.25) is 0 Å². The number of rotatable bonds is 3. The fourth-order valence-electron chi connectivity index (χ4n) is 2.36. The summed E-state index contributed by atoms with van der Waals surface area (Å²) in [6.07, 6.45) is 2.21. The molecule has 4 nitrogen and oxygen atoms in total. The Morgan fingerprint density at radius 2 is 1.70 bits per heavy atom.